The maximum atomic E-state index is 11.1. The lowest BCUT2D eigenvalue weighted by Gasteiger charge is -2.02. The zero-order valence-electron chi connectivity index (χ0n) is 9.64. The van der Waals surface area contributed by atoms with Gasteiger partial charge in [0.25, 0.3) is 0 Å². The van der Waals surface area contributed by atoms with Crippen LogP contribution >= 0.6 is 0 Å². The molecule has 0 saturated heterocycles. The Kier molecular flexibility index (Phi) is 5.60. The van der Waals surface area contributed by atoms with Gasteiger partial charge in [0.1, 0.15) is 5.75 Å². The van der Waals surface area contributed by atoms with Crippen LogP contribution in [0.5, 0.6) is 5.75 Å². The molecule has 17 heavy (non-hydrogen) atoms. The fourth-order valence-corrected chi connectivity index (χ4v) is 1.18. The molecule has 0 spiro atoms. The van der Waals surface area contributed by atoms with Crippen LogP contribution in [0.15, 0.2) is 30.5 Å². The summed E-state index contributed by atoms with van der Waals surface area (Å²) in [5.74, 6) is 0.761. The molecule has 0 aromatic heterocycles. The van der Waals surface area contributed by atoms with Gasteiger partial charge in [0.05, 0.1) is 13.7 Å². The van der Waals surface area contributed by atoms with Crippen LogP contribution in [0.1, 0.15) is 5.56 Å². The Bertz CT molecular complexity index is 391. The molecule has 5 nitrogen and oxygen atoms in total. The van der Waals surface area contributed by atoms with Crippen LogP contribution < -0.4 is 15.4 Å². The summed E-state index contributed by atoms with van der Waals surface area (Å²) in [6, 6.07) is 7.11. The topological polar surface area (TPSA) is 70.6 Å². The number of aliphatic hydroxyl groups excluding tert-OH is 1. The molecule has 2 amide bonds. The smallest absolute Gasteiger partial charge is 0.318 e. The third-order valence-corrected chi connectivity index (χ3v) is 1.98. The Morgan fingerprint density at radius 3 is 3.06 bits per heavy atom. The average molecular weight is 236 g/mol. The van der Waals surface area contributed by atoms with Crippen molar-refractivity contribution in [2.75, 3.05) is 20.3 Å². The molecule has 1 aromatic carbocycles. The monoisotopic (exact) mass is 236 g/mol. The molecule has 5 heteroatoms. The Labute approximate surface area is 100 Å². The van der Waals surface area contributed by atoms with Crippen LogP contribution in [-0.4, -0.2) is 31.4 Å². The Balaban J connectivity index is 2.44. The zero-order valence-corrected chi connectivity index (χ0v) is 9.64. The second-order valence-electron chi connectivity index (χ2n) is 3.23. The second kappa shape index (κ2) is 7.29. The van der Waals surface area contributed by atoms with Gasteiger partial charge in [0.15, 0.2) is 0 Å². The van der Waals surface area contributed by atoms with Crippen molar-refractivity contribution in [1.82, 2.24) is 10.6 Å². The molecular formula is C12H16N2O3. The second-order valence-corrected chi connectivity index (χ2v) is 3.23. The van der Waals surface area contributed by atoms with E-state index >= 15 is 0 Å². The lowest BCUT2D eigenvalue weighted by atomic mass is 10.2. The first-order valence-corrected chi connectivity index (χ1v) is 5.22. The predicted molar refractivity (Wildman–Crippen MR) is 65.6 cm³/mol. The van der Waals surface area contributed by atoms with E-state index in [0.29, 0.717) is 0 Å². The van der Waals surface area contributed by atoms with Crippen LogP contribution in [0.3, 0.4) is 0 Å². The van der Waals surface area contributed by atoms with E-state index in [-0.39, 0.29) is 19.2 Å². The molecular weight excluding hydrogens is 220 g/mol. The summed E-state index contributed by atoms with van der Waals surface area (Å²) in [6.07, 6.45) is 3.28. The molecule has 92 valence electrons. The highest BCUT2D eigenvalue weighted by Gasteiger charge is 1.94. The summed E-state index contributed by atoms with van der Waals surface area (Å²) in [5.41, 5.74) is 0.923. The van der Waals surface area contributed by atoms with E-state index in [1.807, 2.05) is 24.3 Å². The zero-order chi connectivity index (χ0) is 12.5. The first kappa shape index (κ1) is 13.1. The predicted octanol–water partition coefficient (Wildman–Crippen LogP) is 0.957. The van der Waals surface area contributed by atoms with Crippen molar-refractivity contribution in [1.29, 1.82) is 0 Å². The highest BCUT2D eigenvalue weighted by atomic mass is 16.5. The van der Waals surface area contributed by atoms with Gasteiger partial charge in [-0.15, -0.1) is 0 Å². The fourth-order valence-electron chi connectivity index (χ4n) is 1.18. The third-order valence-electron chi connectivity index (χ3n) is 1.98. The first-order chi connectivity index (χ1) is 8.26. The minimum atomic E-state index is -0.349. The van der Waals surface area contributed by atoms with Gasteiger partial charge < -0.3 is 20.5 Å². The average Bonchev–Trinajstić information content (AvgIpc) is 2.36. The van der Waals surface area contributed by atoms with Crippen molar-refractivity contribution in [3.8, 4) is 5.75 Å². The third kappa shape index (κ3) is 5.03. The molecule has 0 fully saturated rings. The summed E-state index contributed by atoms with van der Waals surface area (Å²) >= 11 is 0. The number of methoxy groups -OCH3 is 1. The lowest BCUT2D eigenvalue weighted by molar-refractivity contribution is 0.237. The molecule has 0 unspecified atom stereocenters. The molecule has 1 aromatic rings. The Morgan fingerprint density at radius 1 is 1.53 bits per heavy atom. The van der Waals surface area contributed by atoms with Crippen molar-refractivity contribution in [3.63, 3.8) is 0 Å². The number of benzene rings is 1. The maximum absolute atomic E-state index is 11.1. The minimum absolute atomic E-state index is 0.0764. The van der Waals surface area contributed by atoms with Gasteiger partial charge in [-0.25, -0.2) is 4.79 Å². The van der Waals surface area contributed by atoms with Gasteiger partial charge in [0.2, 0.25) is 0 Å². The van der Waals surface area contributed by atoms with Crippen LogP contribution in [0.25, 0.3) is 6.08 Å². The van der Waals surface area contributed by atoms with E-state index in [2.05, 4.69) is 10.6 Å². The van der Waals surface area contributed by atoms with Crippen LogP contribution in [0.2, 0.25) is 0 Å². The van der Waals surface area contributed by atoms with Gasteiger partial charge >= 0.3 is 6.03 Å². The Morgan fingerprint density at radius 2 is 2.35 bits per heavy atom. The standard InChI is InChI=1S/C12H16N2O3/c1-17-11-4-2-3-10(9-11)5-6-13-12(16)14-7-8-15/h2-6,9,15H,7-8H2,1H3,(H2,13,14,16)/b6-5+. The number of aliphatic hydroxyl groups is 1. The van der Waals surface area contributed by atoms with E-state index in [1.54, 1.807) is 13.2 Å². The van der Waals surface area contributed by atoms with E-state index in [0.717, 1.165) is 11.3 Å². The number of hydrogen-bond acceptors (Lipinski definition) is 3. The summed E-state index contributed by atoms with van der Waals surface area (Å²) in [4.78, 5) is 11.1. The summed E-state index contributed by atoms with van der Waals surface area (Å²) < 4.78 is 5.07. The van der Waals surface area contributed by atoms with Gasteiger partial charge in [-0.3, -0.25) is 0 Å². The molecule has 3 N–H and O–H groups in total. The van der Waals surface area contributed by atoms with Crippen LogP contribution in [0.4, 0.5) is 4.79 Å². The first-order valence-electron chi connectivity index (χ1n) is 5.22. The van der Waals surface area contributed by atoms with Crippen molar-refractivity contribution in [2.45, 2.75) is 0 Å². The van der Waals surface area contributed by atoms with Gasteiger partial charge in [-0.1, -0.05) is 12.1 Å². The molecule has 0 heterocycles. The normalized spacial score (nSPS) is 10.2. The van der Waals surface area contributed by atoms with E-state index in [4.69, 9.17) is 9.84 Å². The largest absolute Gasteiger partial charge is 0.497 e. The van der Waals surface area contributed by atoms with Crippen LogP contribution in [0, 0.1) is 0 Å². The summed E-state index contributed by atoms with van der Waals surface area (Å²) in [6.45, 7) is 0.159. The minimum Gasteiger partial charge on any atom is -0.497 e. The molecule has 0 aliphatic rings. The lowest BCUT2D eigenvalue weighted by Crippen LogP contribution is -2.33. The number of carbonyl (C=O) groups excluding carboxylic acids is 1. The number of hydrogen-bond donors (Lipinski definition) is 3. The quantitative estimate of drug-likeness (QED) is 0.713. The fraction of sp³-hybridized carbons (Fsp3) is 0.250. The molecule has 0 aliphatic heterocycles. The molecule has 0 bridgehead atoms. The highest BCUT2D eigenvalue weighted by Crippen LogP contribution is 2.13. The maximum Gasteiger partial charge on any atom is 0.318 e. The van der Waals surface area contributed by atoms with Crippen molar-refractivity contribution >= 4 is 12.1 Å². The van der Waals surface area contributed by atoms with Crippen molar-refractivity contribution in [2.24, 2.45) is 0 Å². The van der Waals surface area contributed by atoms with E-state index in [1.165, 1.54) is 6.20 Å². The van der Waals surface area contributed by atoms with Gasteiger partial charge in [0, 0.05) is 12.7 Å². The van der Waals surface area contributed by atoms with E-state index < -0.39 is 0 Å². The van der Waals surface area contributed by atoms with Crippen molar-refractivity contribution in [3.05, 3.63) is 36.0 Å². The SMILES string of the molecule is COc1cccc(/C=C/NC(=O)NCCO)c1. The summed E-state index contributed by atoms with van der Waals surface area (Å²) in [7, 11) is 1.60. The van der Waals surface area contributed by atoms with E-state index in [9.17, 15) is 4.79 Å². The molecule has 0 atom stereocenters. The highest BCUT2D eigenvalue weighted by molar-refractivity contribution is 5.75. The van der Waals surface area contributed by atoms with Crippen molar-refractivity contribution < 1.29 is 14.6 Å². The number of ether oxygens (including phenoxy) is 1. The molecule has 0 saturated carbocycles. The number of urea groups is 1. The number of nitrogens with one attached hydrogen (secondary N) is 2. The van der Waals surface area contributed by atoms with Gasteiger partial charge in [-0.05, 0) is 23.8 Å². The Hall–Kier alpha value is -2.01. The molecule has 0 radical (unpaired) electrons. The number of amides is 2. The molecule has 0 aliphatic carbocycles. The van der Waals surface area contributed by atoms with Gasteiger partial charge in [-0.2, -0.15) is 0 Å². The molecule has 1 rings (SSSR count). The van der Waals surface area contributed by atoms with Crippen LogP contribution in [-0.2, 0) is 0 Å². The number of carbonyl (C=O) groups is 1. The summed E-state index contributed by atoms with van der Waals surface area (Å²) in [5, 5.41) is 13.5. The number of rotatable bonds is 5.